The van der Waals surface area contributed by atoms with Crippen LogP contribution in [0, 0.1) is 5.41 Å². The van der Waals surface area contributed by atoms with Gasteiger partial charge in [0, 0.05) is 14.2 Å². The molecule has 3 heterocycles. The van der Waals surface area contributed by atoms with Crippen molar-refractivity contribution in [1.29, 1.82) is 5.41 Å². The first-order valence-electron chi connectivity index (χ1n) is 7.17. The predicted octanol–water partition coefficient (Wildman–Crippen LogP) is -0.939. The van der Waals surface area contributed by atoms with Crippen molar-refractivity contribution in [1.82, 2.24) is 19.5 Å². The van der Waals surface area contributed by atoms with Crippen molar-refractivity contribution in [3.05, 3.63) is 18.1 Å². The molecule has 13 heteroatoms. The Morgan fingerprint density at radius 2 is 2.20 bits per heavy atom. The van der Waals surface area contributed by atoms with Gasteiger partial charge in [0.1, 0.15) is 17.9 Å². The van der Waals surface area contributed by atoms with Crippen LogP contribution in [0.3, 0.4) is 0 Å². The molecule has 1 saturated heterocycles. The lowest BCUT2D eigenvalue weighted by Gasteiger charge is -2.34. The molecule has 2 aromatic heterocycles. The van der Waals surface area contributed by atoms with Crippen LogP contribution in [0.15, 0.2) is 12.7 Å². The molecule has 138 valence electrons. The van der Waals surface area contributed by atoms with Gasteiger partial charge in [-0.15, -0.1) is 0 Å². The Morgan fingerprint density at radius 3 is 2.80 bits per heavy atom. The van der Waals surface area contributed by atoms with E-state index in [1.807, 2.05) is 0 Å². The molecule has 0 spiro atoms. The topological polar surface area (TPSA) is 165 Å². The number of hydrogen-bond donors (Lipinski definition) is 4. The molecular weight excluding hydrogens is 357 g/mol. The number of aliphatic hydroxyl groups is 2. The van der Waals surface area contributed by atoms with E-state index in [9.17, 15) is 14.8 Å². The molecular formula is C12H18N5O7P. The van der Waals surface area contributed by atoms with Gasteiger partial charge >= 0.3 is 7.60 Å². The molecule has 0 aromatic carbocycles. The SMILES string of the molecule is COP(=O)(CO[C@@]1(n2cnc3nc[nH]c3c2=N)OC[C@@H](O)[C@H]1O)OC. The second kappa shape index (κ2) is 6.57. The monoisotopic (exact) mass is 375 g/mol. The van der Waals surface area contributed by atoms with Gasteiger partial charge in [-0.1, -0.05) is 0 Å². The van der Waals surface area contributed by atoms with Crippen LogP contribution in [0.4, 0.5) is 0 Å². The van der Waals surface area contributed by atoms with Crippen LogP contribution in [-0.2, 0) is 29.0 Å². The van der Waals surface area contributed by atoms with E-state index < -0.39 is 32.1 Å². The van der Waals surface area contributed by atoms with Crippen LogP contribution in [0.25, 0.3) is 11.2 Å². The number of H-pyrrole nitrogens is 1. The highest BCUT2D eigenvalue weighted by molar-refractivity contribution is 7.53. The van der Waals surface area contributed by atoms with Gasteiger partial charge in [-0.3, -0.25) is 14.5 Å². The van der Waals surface area contributed by atoms with Gasteiger partial charge in [-0.25, -0.2) is 9.97 Å². The fraction of sp³-hybridized carbons (Fsp3) is 0.583. The van der Waals surface area contributed by atoms with E-state index >= 15 is 0 Å². The van der Waals surface area contributed by atoms with Crippen LogP contribution < -0.4 is 5.49 Å². The van der Waals surface area contributed by atoms with Crippen molar-refractivity contribution in [2.45, 2.75) is 18.1 Å². The molecule has 0 unspecified atom stereocenters. The number of rotatable bonds is 6. The Kier molecular flexibility index (Phi) is 4.77. The zero-order valence-corrected chi connectivity index (χ0v) is 14.3. The molecule has 0 amide bonds. The summed E-state index contributed by atoms with van der Waals surface area (Å²) >= 11 is 0. The van der Waals surface area contributed by atoms with Crippen molar-refractivity contribution >= 4 is 18.8 Å². The fourth-order valence-corrected chi connectivity index (χ4v) is 3.17. The van der Waals surface area contributed by atoms with E-state index in [0.29, 0.717) is 0 Å². The maximum Gasteiger partial charge on any atom is 0.355 e. The van der Waals surface area contributed by atoms with Gasteiger partial charge in [0.05, 0.1) is 12.9 Å². The summed E-state index contributed by atoms with van der Waals surface area (Å²) in [5, 5.41) is 28.6. The molecule has 12 nitrogen and oxygen atoms in total. The zero-order chi connectivity index (χ0) is 18.2. The third-order valence-corrected chi connectivity index (χ3v) is 5.47. The standard InChI is InChI=1S/C12H18N5O7P/c1-21-25(20,22-2)6-24-12(9(19)7(18)3-23-12)17-5-16-11-8(10(17)13)14-4-15-11/h4-5,7,9,13,18-19H,3,6H2,1-2H3,(H,14,15)/t7-,9-,12+/m1/s1. The average Bonchev–Trinajstić information content (AvgIpc) is 3.21. The number of aromatic nitrogens is 4. The first-order valence-corrected chi connectivity index (χ1v) is 8.90. The molecule has 3 rings (SSSR count). The van der Waals surface area contributed by atoms with E-state index in [4.69, 9.17) is 23.9 Å². The van der Waals surface area contributed by atoms with Gasteiger partial charge in [-0.2, -0.15) is 0 Å². The number of nitrogens with one attached hydrogen (secondary N) is 2. The summed E-state index contributed by atoms with van der Waals surface area (Å²) in [6.07, 6.45) is -0.910. The molecule has 0 aliphatic carbocycles. The predicted molar refractivity (Wildman–Crippen MR) is 81.2 cm³/mol. The summed E-state index contributed by atoms with van der Waals surface area (Å²) in [6, 6.07) is 0. The van der Waals surface area contributed by atoms with Crippen molar-refractivity contribution in [2.24, 2.45) is 0 Å². The first kappa shape index (κ1) is 18.1. The van der Waals surface area contributed by atoms with E-state index in [1.165, 1.54) is 26.9 Å². The van der Waals surface area contributed by atoms with Crippen LogP contribution in [0.5, 0.6) is 0 Å². The zero-order valence-electron chi connectivity index (χ0n) is 13.4. The molecule has 25 heavy (non-hydrogen) atoms. The second-order valence-corrected chi connectivity index (χ2v) is 7.48. The normalized spacial score (nSPS) is 27.2. The van der Waals surface area contributed by atoms with Crippen LogP contribution in [0.2, 0.25) is 0 Å². The molecule has 1 aliphatic rings. The smallest absolute Gasteiger partial charge is 0.355 e. The highest BCUT2D eigenvalue weighted by Crippen LogP contribution is 2.48. The Hall–Kier alpha value is -1.66. The van der Waals surface area contributed by atoms with Crippen LogP contribution >= 0.6 is 7.60 Å². The number of hydrogen-bond acceptors (Lipinski definition) is 10. The van der Waals surface area contributed by atoms with Gasteiger partial charge in [0.25, 0.3) is 5.91 Å². The summed E-state index contributed by atoms with van der Waals surface area (Å²) in [4.78, 5) is 10.7. The summed E-state index contributed by atoms with van der Waals surface area (Å²) in [6.45, 7) is -0.265. The Bertz CT molecular complexity index is 861. The molecule has 0 saturated carbocycles. The van der Waals surface area contributed by atoms with Crippen molar-refractivity contribution in [2.75, 3.05) is 27.2 Å². The quantitative estimate of drug-likeness (QED) is 0.466. The van der Waals surface area contributed by atoms with E-state index in [1.54, 1.807) is 0 Å². The third-order valence-electron chi connectivity index (χ3n) is 3.91. The summed E-state index contributed by atoms with van der Waals surface area (Å²) in [5.74, 6) is -2.03. The minimum atomic E-state index is -3.60. The molecule has 2 aromatic rings. The van der Waals surface area contributed by atoms with Crippen LogP contribution in [-0.4, -0.2) is 69.1 Å². The fourth-order valence-electron chi connectivity index (χ4n) is 2.47. The molecule has 1 aliphatic heterocycles. The van der Waals surface area contributed by atoms with E-state index in [-0.39, 0.29) is 23.3 Å². The molecule has 0 radical (unpaired) electrons. The molecule has 0 bridgehead atoms. The van der Waals surface area contributed by atoms with Crippen molar-refractivity contribution in [3.8, 4) is 0 Å². The van der Waals surface area contributed by atoms with Crippen molar-refractivity contribution in [3.63, 3.8) is 0 Å². The first-order chi connectivity index (χ1) is 11.9. The number of fused-ring (bicyclic) bond motifs is 1. The lowest BCUT2D eigenvalue weighted by molar-refractivity contribution is -0.300. The Balaban J connectivity index is 2.07. The molecule has 1 fully saturated rings. The maximum atomic E-state index is 12.3. The second-order valence-electron chi connectivity index (χ2n) is 5.27. The Morgan fingerprint density at radius 1 is 1.48 bits per heavy atom. The average molecular weight is 375 g/mol. The highest BCUT2D eigenvalue weighted by Gasteiger charge is 2.54. The number of aliphatic hydroxyl groups excluding tert-OH is 2. The number of imidazole rings is 1. The van der Waals surface area contributed by atoms with Gasteiger partial charge in [0.2, 0.25) is 0 Å². The van der Waals surface area contributed by atoms with Gasteiger partial charge < -0.3 is 33.7 Å². The van der Waals surface area contributed by atoms with E-state index in [0.717, 1.165) is 4.57 Å². The minimum Gasteiger partial charge on any atom is -0.388 e. The number of nitrogens with zero attached hydrogens (tertiary/aromatic N) is 3. The maximum absolute atomic E-state index is 12.3. The van der Waals surface area contributed by atoms with E-state index in [2.05, 4.69) is 15.0 Å². The summed E-state index contributed by atoms with van der Waals surface area (Å²) in [7, 11) is -1.24. The lowest BCUT2D eigenvalue weighted by Crippen LogP contribution is -2.52. The summed E-state index contributed by atoms with van der Waals surface area (Å²) in [5.41, 5.74) is 0.383. The third kappa shape index (κ3) is 2.91. The lowest BCUT2D eigenvalue weighted by atomic mass is 10.2. The van der Waals surface area contributed by atoms with Gasteiger partial charge in [-0.05, 0) is 0 Å². The number of aromatic amines is 1. The minimum absolute atomic E-state index is 0.166. The Labute approximate surface area is 141 Å². The highest BCUT2D eigenvalue weighted by atomic mass is 31.2. The van der Waals surface area contributed by atoms with Crippen LogP contribution in [0.1, 0.15) is 0 Å². The number of ether oxygens (including phenoxy) is 2. The largest absolute Gasteiger partial charge is 0.388 e. The summed E-state index contributed by atoms with van der Waals surface area (Å²) < 4.78 is 33.9. The molecule has 3 atom stereocenters. The molecule has 4 N–H and O–H groups in total. The van der Waals surface area contributed by atoms with Gasteiger partial charge in [0.15, 0.2) is 23.6 Å². The van der Waals surface area contributed by atoms with Crippen molar-refractivity contribution < 1.29 is 33.3 Å².